The van der Waals surface area contributed by atoms with E-state index in [0.29, 0.717) is 30.3 Å². The lowest BCUT2D eigenvalue weighted by atomic mass is 10.0. The minimum absolute atomic E-state index is 0.311. The Morgan fingerprint density at radius 3 is 2.32 bits per heavy atom. The molecule has 0 saturated carbocycles. The predicted octanol–water partition coefficient (Wildman–Crippen LogP) is 4.42. The van der Waals surface area contributed by atoms with E-state index in [-0.39, 0.29) is 11.9 Å². The van der Waals surface area contributed by atoms with Crippen molar-refractivity contribution in [2.75, 3.05) is 13.2 Å². The van der Waals surface area contributed by atoms with Crippen molar-refractivity contribution in [3.63, 3.8) is 0 Å². The van der Waals surface area contributed by atoms with Gasteiger partial charge in [-0.05, 0) is 57.2 Å². The van der Waals surface area contributed by atoms with Crippen molar-refractivity contribution in [1.82, 2.24) is 4.98 Å². The summed E-state index contributed by atoms with van der Waals surface area (Å²) in [6, 6.07) is 3.51. The van der Waals surface area contributed by atoms with Gasteiger partial charge in [-0.1, -0.05) is 13.8 Å². The Balaban J connectivity index is 2.60. The van der Waals surface area contributed by atoms with Crippen molar-refractivity contribution < 1.29 is 19.1 Å². The third-order valence-corrected chi connectivity index (χ3v) is 4.14. The Morgan fingerprint density at radius 1 is 1.08 bits per heavy atom. The highest BCUT2D eigenvalue weighted by atomic mass is 16.5. The number of carbonyl (C=O) groups excluding carboxylic acids is 2. The lowest BCUT2D eigenvalue weighted by Gasteiger charge is -2.07. The molecule has 1 aromatic carbocycles. The summed E-state index contributed by atoms with van der Waals surface area (Å²) in [6.07, 6.45) is 1.72. The van der Waals surface area contributed by atoms with E-state index in [4.69, 9.17) is 9.47 Å². The van der Waals surface area contributed by atoms with Gasteiger partial charge in [0, 0.05) is 16.6 Å². The van der Waals surface area contributed by atoms with E-state index in [2.05, 4.69) is 18.8 Å². The van der Waals surface area contributed by atoms with Crippen LogP contribution in [0.5, 0.6) is 0 Å². The molecule has 25 heavy (non-hydrogen) atoms. The lowest BCUT2D eigenvalue weighted by Crippen LogP contribution is -2.08. The molecule has 0 bridgehead atoms. The van der Waals surface area contributed by atoms with E-state index < -0.39 is 0 Å². The van der Waals surface area contributed by atoms with Crippen LogP contribution in [0.1, 0.15) is 66.1 Å². The van der Waals surface area contributed by atoms with E-state index in [1.807, 2.05) is 6.92 Å². The van der Waals surface area contributed by atoms with Gasteiger partial charge < -0.3 is 14.5 Å². The number of hydrogen-bond acceptors (Lipinski definition) is 4. The second-order valence-corrected chi connectivity index (χ2v) is 6.57. The van der Waals surface area contributed by atoms with Crippen molar-refractivity contribution in [1.29, 1.82) is 0 Å². The standard InChI is InChI=1S/C20H27NO4/c1-6-24-19(22)14-10-13(5)18-15(11-14)17(20(23)25-7-2)16(21-18)9-8-12(3)4/h10-12,21H,6-9H2,1-5H3. The van der Waals surface area contributed by atoms with Crippen LogP contribution in [0.3, 0.4) is 0 Å². The molecule has 0 atom stereocenters. The van der Waals surface area contributed by atoms with Gasteiger partial charge in [0.05, 0.1) is 24.3 Å². The number of aromatic nitrogens is 1. The predicted molar refractivity (Wildman–Crippen MR) is 98.1 cm³/mol. The molecule has 2 rings (SSSR count). The van der Waals surface area contributed by atoms with Gasteiger partial charge in [-0.25, -0.2) is 9.59 Å². The fraction of sp³-hybridized carbons (Fsp3) is 0.500. The van der Waals surface area contributed by atoms with Crippen LogP contribution in [0.2, 0.25) is 0 Å². The average molecular weight is 345 g/mol. The van der Waals surface area contributed by atoms with E-state index in [1.54, 1.807) is 26.0 Å². The first kappa shape index (κ1) is 19.0. The Morgan fingerprint density at radius 2 is 1.72 bits per heavy atom. The molecule has 5 heteroatoms. The van der Waals surface area contributed by atoms with Crippen LogP contribution >= 0.6 is 0 Å². The van der Waals surface area contributed by atoms with Crippen LogP contribution < -0.4 is 0 Å². The van der Waals surface area contributed by atoms with Gasteiger partial charge in [-0.3, -0.25) is 0 Å². The number of esters is 2. The number of benzene rings is 1. The summed E-state index contributed by atoms with van der Waals surface area (Å²) in [6.45, 7) is 10.4. The van der Waals surface area contributed by atoms with Crippen LogP contribution in [0, 0.1) is 12.8 Å². The highest BCUT2D eigenvalue weighted by molar-refractivity contribution is 6.08. The van der Waals surface area contributed by atoms with Crippen molar-refractivity contribution in [3.8, 4) is 0 Å². The zero-order valence-corrected chi connectivity index (χ0v) is 15.7. The van der Waals surface area contributed by atoms with Gasteiger partial charge in [-0.15, -0.1) is 0 Å². The maximum atomic E-state index is 12.5. The van der Waals surface area contributed by atoms with Gasteiger partial charge in [0.1, 0.15) is 0 Å². The Hall–Kier alpha value is -2.30. The zero-order chi connectivity index (χ0) is 18.6. The molecule has 0 unspecified atom stereocenters. The molecule has 136 valence electrons. The fourth-order valence-electron chi connectivity index (χ4n) is 2.92. The van der Waals surface area contributed by atoms with Crippen molar-refractivity contribution in [3.05, 3.63) is 34.5 Å². The number of nitrogens with one attached hydrogen (secondary N) is 1. The number of aromatic amines is 1. The summed E-state index contributed by atoms with van der Waals surface area (Å²) in [7, 11) is 0. The molecule has 5 nitrogen and oxygen atoms in total. The molecular formula is C20H27NO4. The second kappa shape index (κ2) is 8.19. The second-order valence-electron chi connectivity index (χ2n) is 6.57. The number of H-pyrrole nitrogens is 1. The zero-order valence-electron chi connectivity index (χ0n) is 15.7. The molecular weight excluding hydrogens is 318 g/mol. The van der Waals surface area contributed by atoms with E-state index >= 15 is 0 Å². The summed E-state index contributed by atoms with van der Waals surface area (Å²) in [5.74, 6) is -0.210. The highest BCUT2D eigenvalue weighted by Crippen LogP contribution is 2.29. The first-order valence-corrected chi connectivity index (χ1v) is 8.88. The lowest BCUT2D eigenvalue weighted by molar-refractivity contribution is 0.0515. The molecule has 0 radical (unpaired) electrons. The van der Waals surface area contributed by atoms with Crippen LogP contribution in [0.4, 0.5) is 0 Å². The molecule has 0 fully saturated rings. The fourth-order valence-corrected chi connectivity index (χ4v) is 2.92. The van der Waals surface area contributed by atoms with E-state index in [0.717, 1.165) is 35.0 Å². The smallest absolute Gasteiger partial charge is 0.340 e. The maximum Gasteiger partial charge on any atom is 0.340 e. The topological polar surface area (TPSA) is 68.4 Å². The number of fused-ring (bicyclic) bond motifs is 1. The Kier molecular flexibility index (Phi) is 6.23. The number of rotatable bonds is 7. The molecule has 0 aliphatic rings. The number of ether oxygens (including phenoxy) is 2. The minimum Gasteiger partial charge on any atom is -0.462 e. The van der Waals surface area contributed by atoms with Crippen molar-refractivity contribution >= 4 is 22.8 Å². The molecule has 0 saturated heterocycles. The molecule has 1 heterocycles. The van der Waals surface area contributed by atoms with E-state index in [9.17, 15) is 9.59 Å². The van der Waals surface area contributed by atoms with Crippen molar-refractivity contribution in [2.24, 2.45) is 5.92 Å². The molecule has 1 N–H and O–H groups in total. The summed E-state index contributed by atoms with van der Waals surface area (Å²) in [5, 5.41) is 0.722. The largest absolute Gasteiger partial charge is 0.462 e. The molecule has 1 aromatic heterocycles. The number of hydrogen-bond donors (Lipinski definition) is 1. The SMILES string of the molecule is CCOC(=O)c1cc(C)c2[nH]c(CCC(C)C)c(C(=O)OCC)c2c1. The highest BCUT2D eigenvalue weighted by Gasteiger charge is 2.22. The summed E-state index contributed by atoms with van der Waals surface area (Å²) < 4.78 is 10.4. The average Bonchev–Trinajstić information content (AvgIpc) is 2.92. The number of carbonyl (C=O) groups is 2. The molecule has 0 spiro atoms. The molecule has 0 amide bonds. The third kappa shape index (κ3) is 4.21. The van der Waals surface area contributed by atoms with Gasteiger partial charge >= 0.3 is 11.9 Å². The van der Waals surface area contributed by atoms with Gasteiger partial charge in [0.15, 0.2) is 0 Å². The molecule has 0 aliphatic carbocycles. The molecule has 2 aromatic rings. The number of aryl methyl sites for hydroxylation is 2. The first-order valence-electron chi connectivity index (χ1n) is 8.88. The third-order valence-electron chi connectivity index (χ3n) is 4.14. The Labute approximate surface area is 148 Å². The summed E-state index contributed by atoms with van der Waals surface area (Å²) in [5.41, 5.74) is 3.63. The van der Waals surface area contributed by atoms with Crippen LogP contribution in [0.25, 0.3) is 10.9 Å². The van der Waals surface area contributed by atoms with Crippen LogP contribution in [-0.2, 0) is 15.9 Å². The van der Waals surface area contributed by atoms with Crippen LogP contribution in [0.15, 0.2) is 12.1 Å². The maximum absolute atomic E-state index is 12.5. The first-order chi connectivity index (χ1) is 11.9. The van der Waals surface area contributed by atoms with Crippen LogP contribution in [-0.4, -0.2) is 30.1 Å². The van der Waals surface area contributed by atoms with E-state index in [1.165, 1.54) is 0 Å². The van der Waals surface area contributed by atoms with Gasteiger partial charge in [0.25, 0.3) is 0 Å². The summed E-state index contributed by atoms with van der Waals surface area (Å²) >= 11 is 0. The Bertz CT molecular complexity index is 774. The van der Waals surface area contributed by atoms with Gasteiger partial charge in [0.2, 0.25) is 0 Å². The van der Waals surface area contributed by atoms with Crippen molar-refractivity contribution in [2.45, 2.75) is 47.5 Å². The quantitative estimate of drug-likeness (QED) is 0.754. The minimum atomic E-state index is -0.382. The monoisotopic (exact) mass is 345 g/mol. The summed E-state index contributed by atoms with van der Waals surface area (Å²) in [4.78, 5) is 28.0. The van der Waals surface area contributed by atoms with Gasteiger partial charge in [-0.2, -0.15) is 0 Å². The normalized spacial score (nSPS) is 11.1. The molecule has 0 aliphatic heterocycles.